The highest BCUT2D eigenvalue weighted by Gasteiger charge is 2.64. The standard InChI is InChI=1S/C16H23NO2/c1-15(2)11-8-13(15)16(19,14(18)9-11)10-17-12-6-4-3-5-7-12/h3-7,11,13-14,17-19H,8-10H2,1-2H3/t11-,13-,14+,16-/m0/s1. The maximum absolute atomic E-state index is 10.9. The first kappa shape index (κ1) is 12.9. The number of para-hydroxylation sites is 1. The number of rotatable bonds is 3. The lowest BCUT2D eigenvalue weighted by molar-refractivity contribution is -0.247. The molecule has 0 aliphatic heterocycles. The number of hydrogen-bond donors (Lipinski definition) is 3. The van der Waals surface area contributed by atoms with Crippen molar-refractivity contribution in [2.75, 3.05) is 11.9 Å². The molecule has 0 unspecified atom stereocenters. The first-order chi connectivity index (χ1) is 8.94. The molecular weight excluding hydrogens is 238 g/mol. The molecule has 0 spiro atoms. The average molecular weight is 261 g/mol. The quantitative estimate of drug-likeness (QED) is 0.782. The molecule has 3 fully saturated rings. The van der Waals surface area contributed by atoms with Gasteiger partial charge < -0.3 is 15.5 Å². The van der Waals surface area contributed by atoms with Crippen LogP contribution in [0.15, 0.2) is 30.3 Å². The fraction of sp³-hybridized carbons (Fsp3) is 0.625. The van der Waals surface area contributed by atoms with Crippen LogP contribution in [0.2, 0.25) is 0 Å². The molecule has 4 rings (SSSR count). The smallest absolute Gasteiger partial charge is 0.111 e. The highest BCUT2D eigenvalue weighted by molar-refractivity contribution is 5.43. The van der Waals surface area contributed by atoms with Crippen molar-refractivity contribution in [3.63, 3.8) is 0 Å². The van der Waals surface area contributed by atoms with E-state index in [-0.39, 0.29) is 11.3 Å². The van der Waals surface area contributed by atoms with Crippen molar-refractivity contribution in [3.8, 4) is 0 Å². The Labute approximate surface area is 114 Å². The predicted octanol–water partition coefficient (Wildman–Crippen LogP) is 2.26. The molecule has 1 aromatic carbocycles. The molecule has 19 heavy (non-hydrogen) atoms. The molecular formula is C16H23NO2. The summed E-state index contributed by atoms with van der Waals surface area (Å²) in [6.07, 6.45) is 1.15. The first-order valence-electron chi connectivity index (χ1n) is 7.14. The minimum Gasteiger partial charge on any atom is -0.390 e. The lowest BCUT2D eigenvalue weighted by atomic mass is 9.43. The van der Waals surface area contributed by atoms with Crippen LogP contribution in [0.4, 0.5) is 5.69 Å². The second-order valence-corrected chi connectivity index (χ2v) is 6.77. The zero-order chi connectivity index (χ0) is 13.7. The second-order valence-electron chi connectivity index (χ2n) is 6.77. The van der Waals surface area contributed by atoms with Gasteiger partial charge in [-0.05, 0) is 42.2 Å². The Morgan fingerprint density at radius 1 is 1.21 bits per heavy atom. The van der Waals surface area contributed by atoms with Crippen LogP contribution < -0.4 is 5.32 Å². The molecule has 2 bridgehead atoms. The van der Waals surface area contributed by atoms with Crippen molar-refractivity contribution in [2.24, 2.45) is 17.3 Å². The molecule has 104 valence electrons. The summed E-state index contributed by atoms with van der Waals surface area (Å²) in [7, 11) is 0. The molecule has 0 heterocycles. The Balaban J connectivity index is 1.74. The number of fused-ring (bicyclic) bond motifs is 2. The van der Waals surface area contributed by atoms with Gasteiger partial charge in [-0.2, -0.15) is 0 Å². The number of aliphatic hydroxyl groups is 2. The van der Waals surface area contributed by atoms with E-state index in [9.17, 15) is 10.2 Å². The third-order valence-corrected chi connectivity index (χ3v) is 5.51. The van der Waals surface area contributed by atoms with Crippen molar-refractivity contribution in [1.29, 1.82) is 0 Å². The van der Waals surface area contributed by atoms with Crippen molar-refractivity contribution < 1.29 is 10.2 Å². The molecule has 1 aromatic rings. The highest BCUT2D eigenvalue weighted by atomic mass is 16.3. The Kier molecular flexibility index (Phi) is 2.88. The molecule has 3 aliphatic carbocycles. The van der Waals surface area contributed by atoms with Gasteiger partial charge in [0, 0.05) is 12.2 Å². The van der Waals surface area contributed by atoms with Gasteiger partial charge in [-0.1, -0.05) is 32.0 Å². The second kappa shape index (κ2) is 4.22. The van der Waals surface area contributed by atoms with Gasteiger partial charge in [0.15, 0.2) is 0 Å². The normalized spacial score (nSPS) is 39.5. The number of benzene rings is 1. The van der Waals surface area contributed by atoms with Gasteiger partial charge >= 0.3 is 0 Å². The molecule has 4 atom stereocenters. The molecule has 0 amide bonds. The van der Waals surface area contributed by atoms with Crippen molar-refractivity contribution in [1.82, 2.24) is 0 Å². The molecule has 3 saturated carbocycles. The number of anilines is 1. The van der Waals surface area contributed by atoms with Crippen LogP contribution in [-0.2, 0) is 0 Å². The van der Waals surface area contributed by atoms with E-state index in [4.69, 9.17) is 0 Å². The van der Waals surface area contributed by atoms with E-state index in [0.29, 0.717) is 12.5 Å². The maximum atomic E-state index is 10.9. The SMILES string of the molecule is CC1(C)[C@@H]2C[C@@H](O)[C@](O)(CNc3ccccc3)[C@H]1C2. The van der Waals surface area contributed by atoms with Gasteiger partial charge in [0.1, 0.15) is 5.60 Å². The molecule has 0 aromatic heterocycles. The van der Waals surface area contributed by atoms with Crippen LogP contribution in [0.25, 0.3) is 0 Å². The highest BCUT2D eigenvalue weighted by Crippen LogP contribution is 2.62. The Bertz CT molecular complexity index is 459. The molecule has 3 aliphatic rings. The monoisotopic (exact) mass is 261 g/mol. The average Bonchev–Trinajstić information content (AvgIpc) is 2.40. The lowest BCUT2D eigenvalue weighted by Gasteiger charge is -2.65. The summed E-state index contributed by atoms with van der Waals surface area (Å²) in [6, 6.07) is 9.86. The van der Waals surface area contributed by atoms with Crippen molar-refractivity contribution >= 4 is 5.69 Å². The van der Waals surface area contributed by atoms with Gasteiger partial charge in [0.2, 0.25) is 0 Å². The van der Waals surface area contributed by atoms with E-state index < -0.39 is 11.7 Å². The van der Waals surface area contributed by atoms with Gasteiger partial charge in [0.05, 0.1) is 6.10 Å². The molecule has 0 radical (unpaired) electrons. The van der Waals surface area contributed by atoms with Crippen LogP contribution in [-0.4, -0.2) is 28.5 Å². The summed E-state index contributed by atoms with van der Waals surface area (Å²) < 4.78 is 0. The van der Waals surface area contributed by atoms with Gasteiger partial charge in [-0.25, -0.2) is 0 Å². The summed E-state index contributed by atoms with van der Waals surface area (Å²) in [5.41, 5.74) is 0.128. The lowest BCUT2D eigenvalue weighted by Crippen LogP contribution is -2.69. The summed E-state index contributed by atoms with van der Waals surface area (Å²) >= 11 is 0. The van der Waals surface area contributed by atoms with E-state index in [1.807, 2.05) is 30.3 Å². The Morgan fingerprint density at radius 3 is 2.53 bits per heavy atom. The van der Waals surface area contributed by atoms with Crippen LogP contribution >= 0.6 is 0 Å². The number of aliphatic hydroxyl groups excluding tert-OH is 1. The van der Waals surface area contributed by atoms with Crippen molar-refractivity contribution in [3.05, 3.63) is 30.3 Å². The fourth-order valence-corrected chi connectivity index (χ4v) is 4.01. The summed E-state index contributed by atoms with van der Waals surface area (Å²) in [4.78, 5) is 0. The predicted molar refractivity (Wildman–Crippen MR) is 75.9 cm³/mol. The Morgan fingerprint density at radius 2 is 1.89 bits per heavy atom. The third-order valence-electron chi connectivity index (χ3n) is 5.51. The molecule has 3 N–H and O–H groups in total. The number of nitrogens with one attached hydrogen (secondary N) is 1. The van der Waals surface area contributed by atoms with E-state index in [1.165, 1.54) is 0 Å². The topological polar surface area (TPSA) is 52.5 Å². The van der Waals surface area contributed by atoms with E-state index in [1.54, 1.807) is 0 Å². The summed E-state index contributed by atoms with van der Waals surface area (Å²) in [6.45, 7) is 4.84. The Hall–Kier alpha value is -1.06. The zero-order valence-electron chi connectivity index (χ0n) is 11.6. The third kappa shape index (κ3) is 1.87. The fourth-order valence-electron chi connectivity index (χ4n) is 4.01. The minimum absolute atomic E-state index is 0.145. The maximum Gasteiger partial charge on any atom is 0.111 e. The van der Waals surface area contributed by atoms with Crippen molar-refractivity contribution in [2.45, 2.75) is 38.4 Å². The van der Waals surface area contributed by atoms with Crippen LogP contribution in [0, 0.1) is 17.3 Å². The minimum atomic E-state index is -1.01. The molecule has 0 saturated heterocycles. The van der Waals surface area contributed by atoms with Crippen LogP contribution in [0.3, 0.4) is 0 Å². The summed E-state index contributed by atoms with van der Waals surface area (Å²) in [5, 5.41) is 24.4. The van der Waals surface area contributed by atoms with Gasteiger partial charge in [-0.3, -0.25) is 0 Å². The largest absolute Gasteiger partial charge is 0.390 e. The number of hydrogen-bond acceptors (Lipinski definition) is 3. The van der Waals surface area contributed by atoms with Gasteiger partial charge in [0.25, 0.3) is 0 Å². The van der Waals surface area contributed by atoms with E-state index >= 15 is 0 Å². The van der Waals surface area contributed by atoms with E-state index in [0.717, 1.165) is 18.5 Å². The molecule has 3 nitrogen and oxygen atoms in total. The molecule has 3 heteroatoms. The van der Waals surface area contributed by atoms with Crippen LogP contribution in [0.5, 0.6) is 0 Å². The zero-order valence-corrected chi connectivity index (χ0v) is 11.6. The van der Waals surface area contributed by atoms with Crippen LogP contribution in [0.1, 0.15) is 26.7 Å². The van der Waals surface area contributed by atoms with Gasteiger partial charge in [-0.15, -0.1) is 0 Å². The van der Waals surface area contributed by atoms with E-state index in [2.05, 4.69) is 19.2 Å². The first-order valence-corrected chi connectivity index (χ1v) is 7.14. The summed E-state index contributed by atoms with van der Waals surface area (Å²) in [5.74, 6) is 0.745.